The van der Waals surface area contributed by atoms with E-state index in [2.05, 4.69) is 0 Å². The predicted octanol–water partition coefficient (Wildman–Crippen LogP) is 1.44. The van der Waals surface area contributed by atoms with E-state index in [9.17, 15) is 22.8 Å². The van der Waals surface area contributed by atoms with Crippen LogP contribution in [0.1, 0.15) is 19.3 Å². The Morgan fingerprint density at radius 2 is 1.41 bits per heavy atom. The monoisotopic (exact) mass is 422 g/mol. The number of rotatable bonds is 5. The average molecular weight is 422 g/mol. The molecule has 1 fully saturated rings. The summed E-state index contributed by atoms with van der Waals surface area (Å²) >= 11 is 0. The third kappa shape index (κ3) is 2.56. The van der Waals surface area contributed by atoms with Crippen molar-refractivity contribution in [3.8, 4) is 0 Å². The van der Waals surface area contributed by atoms with Crippen LogP contribution in [-0.2, 0) is 38.4 Å². The molecule has 3 rings (SSSR count). The smallest absolute Gasteiger partial charge is 0.323 e. The first kappa shape index (κ1) is 21.0. The second kappa shape index (κ2) is 6.98. The van der Waals surface area contributed by atoms with Crippen LogP contribution in [0.3, 0.4) is 0 Å². The summed E-state index contributed by atoms with van der Waals surface area (Å²) in [6, 6.07) is 7.61. The van der Waals surface area contributed by atoms with Gasteiger partial charge in [0.1, 0.15) is 4.75 Å². The van der Waals surface area contributed by atoms with Crippen molar-refractivity contribution in [2.75, 3.05) is 21.3 Å². The second-order valence-electron chi connectivity index (χ2n) is 7.30. The van der Waals surface area contributed by atoms with Gasteiger partial charge in [-0.1, -0.05) is 30.4 Å². The Kier molecular flexibility index (Phi) is 5.06. The minimum atomic E-state index is -4.21. The van der Waals surface area contributed by atoms with E-state index in [1.807, 2.05) is 0 Å². The summed E-state index contributed by atoms with van der Waals surface area (Å²) in [6.07, 6.45) is 2.10. The van der Waals surface area contributed by atoms with Gasteiger partial charge in [0.05, 0.1) is 31.6 Å². The number of carbonyl (C=O) groups is 3. The van der Waals surface area contributed by atoms with E-state index in [0.29, 0.717) is 0 Å². The van der Waals surface area contributed by atoms with E-state index < -0.39 is 56.2 Å². The summed E-state index contributed by atoms with van der Waals surface area (Å²) in [6.45, 7) is 0. The molecule has 8 nitrogen and oxygen atoms in total. The van der Waals surface area contributed by atoms with Crippen molar-refractivity contribution in [2.45, 2.75) is 28.9 Å². The standard InChI is InChI=1S/C20H22O8S/c1-26-15(21)18(16(22)27-2)12-19(17(23)28-3)10-7-11-20(19,13-18)29(24,25)14-8-5-4-6-9-14/h4-9,11H,10,12-13H2,1-3H3/t19-,20-/m0/s1. The molecule has 0 amide bonds. The van der Waals surface area contributed by atoms with Gasteiger partial charge in [-0.05, 0) is 31.4 Å². The quantitative estimate of drug-likeness (QED) is 0.303. The van der Waals surface area contributed by atoms with Crippen LogP contribution in [0, 0.1) is 10.8 Å². The first-order chi connectivity index (χ1) is 13.7. The van der Waals surface area contributed by atoms with E-state index >= 15 is 0 Å². The molecule has 0 spiro atoms. The molecule has 0 N–H and O–H groups in total. The zero-order valence-electron chi connectivity index (χ0n) is 16.3. The van der Waals surface area contributed by atoms with Gasteiger partial charge >= 0.3 is 17.9 Å². The molecule has 2 atom stereocenters. The summed E-state index contributed by atoms with van der Waals surface area (Å²) in [5.41, 5.74) is -3.62. The van der Waals surface area contributed by atoms with Gasteiger partial charge in [-0.3, -0.25) is 14.4 Å². The fraction of sp³-hybridized carbons (Fsp3) is 0.450. The van der Waals surface area contributed by atoms with Gasteiger partial charge in [0.25, 0.3) is 0 Å². The largest absolute Gasteiger partial charge is 0.469 e. The summed E-state index contributed by atoms with van der Waals surface area (Å²) in [5, 5.41) is 0. The minimum Gasteiger partial charge on any atom is -0.469 e. The second-order valence-corrected chi connectivity index (χ2v) is 9.51. The molecule has 0 saturated heterocycles. The van der Waals surface area contributed by atoms with Crippen LogP contribution < -0.4 is 0 Å². The van der Waals surface area contributed by atoms with Crippen molar-refractivity contribution in [3.05, 3.63) is 42.5 Å². The molecule has 0 aliphatic heterocycles. The number of hydrogen-bond acceptors (Lipinski definition) is 8. The molecular formula is C20H22O8S. The lowest BCUT2D eigenvalue weighted by Gasteiger charge is -2.36. The summed E-state index contributed by atoms with van der Waals surface area (Å²) < 4.78 is 40.4. The minimum absolute atomic E-state index is 0.00146. The molecule has 2 aliphatic carbocycles. The maximum absolute atomic E-state index is 13.8. The highest BCUT2D eigenvalue weighted by atomic mass is 32.2. The van der Waals surface area contributed by atoms with Crippen molar-refractivity contribution in [1.29, 1.82) is 0 Å². The van der Waals surface area contributed by atoms with Crippen LogP contribution in [0.15, 0.2) is 47.4 Å². The van der Waals surface area contributed by atoms with E-state index in [1.165, 1.54) is 18.2 Å². The molecule has 0 unspecified atom stereocenters. The highest BCUT2D eigenvalue weighted by Gasteiger charge is 2.77. The van der Waals surface area contributed by atoms with Crippen LogP contribution in [0.25, 0.3) is 0 Å². The predicted molar refractivity (Wildman–Crippen MR) is 100 cm³/mol. The van der Waals surface area contributed by atoms with Gasteiger partial charge in [0, 0.05) is 0 Å². The highest BCUT2D eigenvalue weighted by Crippen LogP contribution is 2.66. The van der Waals surface area contributed by atoms with Crippen molar-refractivity contribution in [2.24, 2.45) is 10.8 Å². The van der Waals surface area contributed by atoms with Crippen molar-refractivity contribution < 1.29 is 37.0 Å². The molecule has 0 radical (unpaired) electrons. The fourth-order valence-electron chi connectivity index (χ4n) is 4.80. The molecule has 0 aromatic heterocycles. The number of carbonyl (C=O) groups excluding carboxylic acids is 3. The number of benzene rings is 1. The number of esters is 3. The Balaban J connectivity index is 2.33. The lowest BCUT2D eigenvalue weighted by molar-refractivity contribution is -0.170. The van der Waals surface area contributed by atoms with E-state index in [4.69, 9.17) is 14.2 Å². The van der Waals surface area contributed by atoms with Crippen LogP contribution >= 0.6 is 0 Å². The van der Waals surface area contributed by atoms with E-state index in [1.54, 1.807) is 24.3 Å². The molecule has 2 aliphatic rings. The zero-order chi connectivity index (χ0) is 21.5. The molecular weight excluding hydrogens is 400 g/mol. The Labute approximate surface area is 168 Å². The first-order valence-electron chi connectivity index (χ1n) is 8.90. The Morgan fingerprint density at radius 3 is 1.93 bits per heavy atom. The molecule has 29 heavy (non-hydrogen) atoms. The van der Waals surface area contributed by atoms with Gasteiger partial charge < -0.3 is 14.2 Å². The van der Waals surface area contributed by atoms with Gasteiger partial charge in [-0.2, -0.15) is 0 Å². The van der Waals surface area contributed by atoms with Gasteiger partial charge in [-0.15, -0.1) is 0 Å². The van der Waals surface area contributed by atoms with Crippen LogP contribution in [0.5, 0.6) is 0 Å². The Morgan fingerprint density at radius 1 is 0.862 bits per heavy atom. The molecule has 9 heteroatoms. The number of methoxy groups -OCH3 is 3. The molecule has 0 bridgehead atoms. The highest BCUT2D eigenvalue weighted by molar-refractivity contribution is 7.93. The van der Waals surface area contributed by atoms with Crippen molar-refractivity contribution in [3.63, 3.8) is 0 Å². The van der Waals surface area contributed by atoms with Gasteiger partial charge in [0.15, 0.2) is 15.3 Å². The van der Waals surface area contributed by atoms with Crippen LogP contribution in [0.4, 0.5) is 0 Å². The first-order valence-corrected chi connectivity index (χ1v) is 10.4. The summed E-state index contributed by atoms with van der Waals surface area (Å²) in [7, 11) is -0.869. The topological polar surface area (TPSA) is 113 Å². The number of ether oxygens (including phenoxy) is 3. The lowest BCUT2D eigenvalue weighted by Crippen LogP contribution is -2.51. The third-order valence-electron chi connectivity index (χ3n) is 6.09. The zero-order valence-corrected chi connectivity index (χ0v) is 17.2. The number of sulfone groups is 1. The lowest BCUT2D eigenvalue weighted by atomic mass is 9.76. The molecule has 0 heterocycles. The van der Waals surface area contributed by atoms with E-state index in [-0.39, 0.29) is 11.3 Å². The Hall–Kier alpha value is -2.68. The number of fused-ring (bicyclic) bond motifs is 1. The number of allylic oxidation sites excluding steroid dienone is 1. The molecule has 1 aromatic carbocycles. The molecule has 1 aromatic rings. The maximum Gasteiger partial charge on any atom is 0.323 e. The Bertz CT molecular complexity index is 965. The van der Waals surface area contributed by atoms with Crippen LogP contribution in [0.2, 0.25) is 0 Å². The summed E-state index contributed by atoms with van der Waals surface area (Å²) in [4.78, 5) is 38.4. The summed E-state index contributed by atoms with van der Waals surface area (Å²) in [5.74, 6) is -2.70. The van der Waals surface area contributed by atoms with Gasteiger partial charge in [-0.25, -0.2) is 8.42 Å². The molecule has 1 saturated carbocycles. The SMILES string of the molecule is COC(=O)C1(C(=O)OC)C[C@]2(C(=O)OC)CC=C[C@]2(S(=O)(=O)c2ccccc2)C1. The maximum atomic E-state index is 13.8. The van der Waals surface area contributed by atoms with Gasteiger partial charge in [0.2, 0.25) is 0 Å². The number of hydrogen-bond donors (Lipinski definition) is 0. The van der Waals surface area contributed by atoms with Crippen molar-refractivity contribution >= 4 is 27.7 Å². The van der Waals surface area contributed by atoms with Crippen LogP contribution in [-0.4, -0.2) is 52.4 Å². The van der Waals surface area contributed by atoms with E-state index in [0.717, 1.165) is 21.3 Å². The fourth-order valence-corrected chi connectivity index (χ4v) is 7.20. The van der Waals surface area contributed by atoms with Crippen molar-refractivity contribution in [1.82, 2.24) is 0 Å². The average Bonchev–Trinajstić information content (AvgIpc) is 3.26. The third-order valence-corrected chi connectivity index (χ3v) is 8.62. The normalized spacial score (nSPS) is 27.1. The molecule has 156 valence electrons.